The summed E-state index contributed by atoms with van der Waals surface area (Å²) in [5.41, 5.74) is 0.817. The summed E-state index contributed by atoms with van der Waals surface area (Å²) < 4.78 is 18.2. The summed E-state index contributed by atoms with van der Waals surface area (Å²) in [4.78, 5) is 11.1. The van der Waals surface area contributed by atoms with Crippen LogP contribution in [0.5, 0.6) is 0 Å². The molecule has 0 heterocycles. The predicted octanol–water partition coefficient (Wildman–Crippen LogP) is 2.65. The topological polar surface area (TPSA) is 38.3 Å². The lowest BCUT2D eigenvalue weighted by Gasteiger charge is -2.12. The van der Waals surface area contributed by atoms with E-state index in [0.717, 1.165) is 9.26 Å². The Morgan fingerprint density at radius 3 is 2.88 bits per heavy atom. The first kappa shape index (κ1) is 13.2. The maximum Gasteiger partial charge on any atom is 0.310 e. The predicted molar refractivity (Wildman–Crippen MR) is 68.8 cm³/mol. The van der Waals surface area contributed by atoms with Crippen molar-refractivity contribution in [3.05, 3.63) is 27.6 Å². The second-order valence-corrected chi connectivity index (χ2v) is 4.59. The van der Waals surface area contributed by atoms with Gasteiger partial charge < -0.3 is 10.1 Å². The molecular weight excluding hydrogens is 324 g/mol. The number of hydrogen-bond acceptors (Lipinski definition) is 3. The first-order valence-electron chi connectivity index (χ1n) is 4.81. The molecule has 0 aliphatic rings. The Labute approximate surface area is 108 Å². The maximum absolute atomic E-state index is 12.8. The molecule has 1 N–H and O–H groups in total. The van der Waals surface area contributed by atoms with Crippen LogP contribution in [0.4, 0.5) is 10.1 Å². The molecule has 16 heavy (non-hydrogen) atoms. The molecule has 0 saturated heterocycles. The van der Waals surface area contributed by atoms with Gasteiger partial charge in [-0.1, -0.05) is 6.92 Å². The number of nitrogens with one attached hydrogen (secondary N) is 1. The van der Waals surface area contributed by atoms with Gasteiger partial charge in [-0.25, -0.2) is 4.39 Å². The number of halogens is 2. The molecule has 0 saturated carbocycles. The van der Waals surface area contributed by atoms with Gasteiger partial charge in [-0.05, 0) is 40.8 Å². The molecule has 1 aromatic rings. The first-order chi connectivity index (χ1) is 7.54. The number of ether oxygens (including phenoxy) is 1. The quantitative estimate of drug-likeness (QED) is 0.678. The number of benzene rings is 1. The molecule has 0 radical (unpaired) electrons. The molecule has 0 amide bonds. The minimum atomic E-state index is -0.268. The highest BCUT2D eigenvalue weighted by Crippen LogP contribution is 2.19. The van der Waals surface area contributed by atoms with Gasteiger partial charge in [0.2, 0.25) is 0 Å². The van der Waals surface area contributed by atoms with Crippen molar-refractivity contribution in [2.75, 3.05) is 19.0 Å². The molecule has 1 atom stereocenters. The lowest BCUT2D eigenvalue weighted by atomic mass is 10.2. The molecule has 1 unspecified atom stereocenters. The fourth-order valence-electron chi connectivity index (χ4n) is 1.18. The van der Waals surface area contributed by atoms with E-state index in [2.05, 4.69) is 10.1 Å². The minimum Gasteiger partial charge on any atom is -0.469 e. The summed E-state index contributed by atoms with van der Waals surface area (Å²) in [7, 11) is 1.36. The van der Waals surface area contributed by atoms with E-state index in [1.165, 1.54) is 19.2 Å². The van der Waals surface area contributed by atoms with Gasteiger partial charge in [0.15, 0.2) is 0 Å². The van der Waals surface area contributed by atoms with Crippen LogP contribution in [0.3, 0.4) is 0 Å². The average Bonchev–Trinajstić information content (AvgIpc) is 2.26. The van der Waals surface area contributed by atoms with Crippen molar-refractivity contribution in [3.63, 3.8) is 0 Å². The van der Waals surface area contributed by atoms with Gasteiger partial charge in [0, 0.05) is 15.8 Å². The number of methoxy groups -OCH3 is 1. The van der Waals surface area contributed by atoms with E-state index in [4.69, 9.17) is 0 Å². The molecule has 1 aromatic carbocycles. The van der Waals surface area contributed by atoms with Crippen LogP contribution in [-0.2, 0) is 9.53 Å². The SMILES string of the molecule is COC(=O)C(C)CNc1ccc(F)cc1I. The zero-order valence-electron chi connectivity index (χ0n) is 9.09. The Balaban J connectivity index is 2.58. The number of carbonyl (C=O) groups excluding carboxylic acids is 1. The molecule has 1 rings (SSSR count). The lowest BCUT2D eigenvalue weighted by molar-refractivity contribution is -0.144. The fourth-order valence-corrected chi connectivity index (χ4v) is 1.85. The Kier molecular flexibility index (Phi) is 4.98. The molecule has 3 nitrogen and oxygen atoms in total. The monoisotopic (exact) mass is 337 g/mol. The summed E-state index contributed by atoms with van der Waals surface area (Å²) in [6.45, 7) is 2.24. The van der Waals surface area contributed by atoms with Crippen molar-refractivity contribution >= 4 is 34.2 Å². The van der Waals surface area contributed by atoms with Crippen LogP contribution in [0.2, 0.25) is 0 Å². The largest absolute Gasteiger partial charge is 0.469 e. The highest BCUT2D eigenvalue weighted by Gasteiger charge is 2.13. The number of hydrogen-bond donors (Lipinski definition) is 1. The number of rotatable bonds is 4. The van der Waals surface area contributed by atoms with Crippen LogP contribution in [0, 0.1) is 15.3 Å². The van der Waals surface area contributed by atoms with E-state index < -0.39 is 0 Å². The highest BCUT2D eigenvalue weighted by molar-refractivity contribution is 14.1. The lowest BCUT2D eigenvalue weighted by Crippen LogP contribution is -2.21. The van der Waals surface area contributed by atoms with E-state index in [-0.39, 0.29) is 17.7 Å². The summed E-state index contributed by atoms with van der Waals surface area (Å²) >= 11 is 2.04. The van der Waals surface area contributed by atoms with Crippen molar-refractivity contribution < 1.29 is 13.9 Å². The van der Waals surface area contributed by atoms with Crippen LogP contribution < -0.4 is 5.32 Å². The van der Waals surface area contributed by atoms with Crippen LogP contribution in [0.15, 0.2) is 18.2 Å². The highest BCUT2D eigenvalue weighted by atomic mass is 127. The molecule has 88 valence electrons. The third-order valence-corrected chi connectivity index (χ3v) is 3.03. The van der Waals surface area contributed by atoms with Crippen molar-refractivity contribution in [1.82, 2.24) is 0 Å². The second kappa shape index (κ2) is 6.03. The first-order valence-corrected chi connectivity index (χ1v) is 5.89. The van der Waals surface area contributed by atoms with Gasteiger partial charge >= 0.3 is 5.97 Å². The Morgan fingerprint density at radius 2 is 2.31 bits per heavy atom. The van der Waals surface area contributed by atoms with Gasteiger partial charge in [0.1, 0.15) is 5.82 Å². The third-order valence-electron chi connectivity index (χ3n) is 2.13. The zero-order valence-corrected chi connectivity index (χ0v) is 11.2. The third kappa shape index (κ3) is 3.62. The van der Waals surface area contributed by atoms with Crippen LogP contribution in [0.25, 0.3) is 0 Å². The van der Waals surface area contributed by atoms with Crippen molar-refractivity contribution in [2.45, 2.75) is 6.92 Å². The Bertz CT molecular complexity index is 384. The molecule has 5 heteroatoms. The summed E-state index contributed by atoms with van der Waals surface area (Å²) in [5.74, 6) is -0.758. The normalized spacial score (nSPS) is 12.0. The van der Waals surface area contributed by atoms with E-state index >= 15 is 0 Å². The maximum atomic E-state index is 12.8. The summed E-state index contributed by atoms with van der Waals surface area (Å²) in [6.07, 6.45) is 0. The van der Waals surface area contributed by atoms with Crippen LogP contribution >= 0.6 is 22.6 Å². The van der Waals surface area contributed by atoms with Crippen molar-refractivity contribution in [1.29, 1.82) is 0 Å². The molecule has 0 bridgehead atoms. The molecular formula is C11H13FINO2. The van der Waals surface area contributed by atoms with Crippen LogP contribution in [-0.4, -0.2) is 19.6 Å². The van der Waals surface area contributed by atoms with Gasteiger partial charge in [0.05, 0.1) is 13.0 Å². The van der Waals surface area contributed by atoms with Crippen molar-refractivity contribution in [2.24, 2.45) is 5.92 Å². The number of esters is 1. The van der Waals surface area contributed by atoms with Gasteiger partial charge in [0.25, 0.3) is 0 Å². The van der Waals surface area contributed by atoms with E-state index in [0.29, 0.717) is 6.54 Å². The van der Waals surface area contributed by atoms with E-state index in [1.807, 2.05) is 22.6 Å². The number of carbonyl (C=O) groups is 1. The van der Waals surface area contributed by atoms with E-state index in [9.17, 15) is 9.18 Å². The van der Waals surface area contributed by atoms with Gasteiger partial charge in [-0.15, -0.1) is 0 Å². The second-order valence-electron chi connectivity index (χ2n) is 3.43. The number of anilines is 1. The summed E-state index contributed by atoms with van der Waals surface area (Å²) in [5, 5.41) is 3.08. The minimum absolute atomic E-state index is 0.231. The average molecular weight is 337 g/mol. The van der Waals surface area contributed by atoms with Gasteiger partial charge in [-0.2, -0.15) is 0 Å². The zero-order chi connectivity index (χ0) is 12.1. The standard InChI is InChI=1S/C11H13FINO2/c1-7(11(15)16-2)6-14-10-4-3-8(12)5-9(10)13/h3-5,7,14H,6H2,1-2H3. The Morgan fingerprint density at radius 1 is 1.62 bits per heavy atom. The molecule has 0 aromatic heterocycles. The smallest absolute Gasteiger partial charge is 0.310 e. The molecule has 0 spiro atoms. The van der Waals surface area contributed by atoms with Crippen molar-refractivity contribution in [3.8, 4) is 0 Å². The molecule has 0 fully saturated rings. The molecule has 0 aliphatic carbocycles. The fraction of sp³-hybridized carbons (Fsp3) is 0.364. The summed E-state index contributed by atoms with van der Waals surface area (Å²) in [6, 6.07) is 4.47. The molecule has 0 aliphatic heterocycles. The van der Waals surface area contributed by atoms with Gasteiger partial charge in [-0.3, -0.25) is 4.79 Å². The van der Waals surface area contributed by atoms with Crippen LogP contribution in [0.1, 0.15) is 6.92 Å². The Hall–Kier alpha value is -0.850. The van der Waals surface area contributed by atoms with E-state index in [1.54, 1.807) is 13.0 Å².